The van der Waals surface area contributed by atoms with E-state index in [0.717, 1.165) is 26.7 Å². The molecule has 0 aliphatic heterocycles. The highest BCUT2D eigenvalue weighted by Gasteiger charge is 2.10. The summed E-state index contributed by atoms with van der Waals surface area (Å²) in [5.74, 6) is 1.52. The monoisotopic (exact) mass is 386 g/mol. The number of para-hydroxylation sites is 1. The van der Waals surface area contributed by atoms with Gasteiger partial charge in [0, 0.05) is 11.3 Å². The quantitative estimate of drug-likeness (QED) is 0.381. The number of thioether (sulfide) groups is 1. The van der Waals surface area contributed by atoms with Gasteiger partial charge in [-0.25, -0.2) is 15.2 Å². The first-order valence-electron chi connectivity index (χ1n) is 7.82. The van der Waals surface area contributed by atoms with E-state index in [1.807, 2.05) is 43.3 Å². The Labute approximate surface area is 159 Å². The van der Waals surface area contributed by atoms with E-state index in [-0.39, 0.29) is 0 Å². The summed E-state index contributed by atoms with van der Waals surface area (Å²) in [7, 11) is 1.65. The molecule has 3 rings (SSSR count). The van der Waals surface area contributed by atoms with Gasteiger partial charge in [-0.2, -0.15) is 5.10 Å². The van der Waals surface area contributed by atoms with Crippen molar-refractivity contribution >= 4 is 45.1 Å². The third-order valence-corrected chi connectivity index (χ3v) is 5.89. The second-order valence-corrected chi connectivity index (χ2v) is 7.69. The van der Waals surface area contributed by atoms with Gasteiger partial charge in [0.1, 0.15) is 5.75 Å². The van der Waals surface area contributed by atoms with Crippen LogP contribution in [0.1, 0.15) is 18.1 Å². The van der Waals surface area contributed by atoms with Crippen molar-refractivity contribution in [3.05, 3.63) is 53.6 Å². The lowest BCUT2D eigenvalue weighted by Gasteiger charge is -2.10. The first-order chi connectivity index (χ1) is 12.6. The molecule has 6 nitrogen and oxygen atoms in total. The van der Waals surface area contributed by atoms with E-state index >= 15 is 0 Å². The third-order valence-electron chi connectivity index (χ3n) is 3.66. The van der Waals surface area contributed by atoms with E-state index < -0.39 is 6.03 Å². The number of hydrogen-bond donors (Lipinski definition) is 2. The van der Waals surface area contributed by atoms with Gasteiger partial charge >= 0.3 is 6.03 Å². The fourth-order valence-corrected chi connectivity index (χ4v) is 4.42. The fourth-order valence-electron chi connectivity index (χ4n) is 2.37. The number of ether oxygens (including phenoxy) is 1. The second kappa shape index (κ2) is 8.20. The lowest BCUT2D eigenvalue weighted by Crippen LogP contribution is -2.25. The molecule has 0 aliphatic carbocycles. The first kappa shape index (κ1) is 18.2. The van der Waals surface area contributed by atoms with E-state index in [1.54, 1.807) is 30.2 Å². The molecule has 0 bridgehead atoms. The number of hydrogen-bond acceptors (Lipinski definition) is 6. The van der Waals surface area contributed by atoms with Crippen molar-refractivity contribution < 1.29 is 9.53 Å². The summed E-state index contributed by atoms with van der Waals surface area (Å²) in [6.07, 6.45) is 0. The number of nitrogens with zero attached hydrogens (tertiary/aromatic N) is 2. The summed E-state index contributed by atoms with van der Waals surface area (Å²) < 4.78 is 7.66. The Morgan fingerprint density at radius 1 is 1.35 bits per heavy atom. The van der Waals surface area contributed by atoms with Gasteiger partial charge in [-0.05, 0) is 42.8 Å². The van der Waals surface area contributed by atoms with Crippen LogP contribution in [0, 0.1) is 0 Å². The number of carbonyl (C=O) groups is 1. The summed E-state index contributed by atoms with van der Waals surface area (Å²) in [6, 6.07) is 13.2. The van der Waals surface area contributed by atoms with Crippen LogP contribution in [-0.2, 0) is 5.75 Å². The van der Waals surface area contributed by atoms with Gasteiger partial charge in [-0.1, -0.05) is 23.9 Å². The van der Waals surface area contributed by atoms with Gasteiger partial charge in [0.2, 0.25) is 0 Å². The molecule has 0 unspecified atom stereocenters. The summed E-state index contributed by atoms with van der Waals surface area (Å²) >= 11 is 3.34. The molecule has 8 heteroatoms. The van der Waals surface area contributed by atoms with Crippen molar-refractivity contribution in [3.63, 3.8) is 0 Å². The summed E-state index contributed by atoms with van der Waals surface area (Å²) in [6.45, 7) is 1.81. The normalized spacial score (nSPS) is 11.5. The molecule has 0 saturated carbocycles. The molecule has 2 amide bonds. The number of primary amides is 1. The molecule has 0 atom stereocenters. The molecule has 26 heavy (non-hydrogen) atoms. The number of amides is 2. The first-order valence-corrected chi connectivity index (χ1v) is 9.62. The van der Waals surface area contributed by atoms with Crippen molar-refractivity contribution in [1.82, 2.24) is 10.4 Å². The Hall–Kier alpha value is -2.58. The molecule has 1 aromatic heterocycles. The lowest BCUT2D eigenvalue weighted by molar-refractivity contribution is 0.249. The maximum absolute atomic E-state index is 10.8. The van der Waals surface area contributed by atoms with Gasteiger partial charge in [0.25, 0.3) is 0 Å². The van der Waals surface area contributed by atoms with Crippen LogP contribution < -0.4 is 15.9 Å². The number of rotatable bonds is 6. The highest BCUT2D eigenvalue weighted by Crippen LogP contribution is 2.33. The van der Waals surface area contributed by atoms with Gasteiger partial charge < -0.3 is 10.5 Å². The van der Waals surface area contributed by atoms with Crippen LogP contribution in [0.4, 0.5) is 4.79 Å². The van der Waals surface area contributed by atoms with E-state index in [9.17, 15) is 4.79 Å². The van der Waals surface area contributed by atoms with Gasteiger partial charge in [-0.3, -0.25) is 0 Å². The zero-order valence-electron chi connectivity index (χ0n) is 14.4. The molecule has 1 heterocycles. The maximum atomic E-state index is 10.8. The van der Waals surface area contributed by atoms with Crippen LogP contribution in [0.15, 0.2) is 51.9 Å². The van der Waals surface area contributed by atoms with E-state index in [1.165, 1.54) is 4.70 Å². The number of methoxy groups -OCH3 is 1. The Bertz CT molecular complexity index is 936. The minimum atomic E-state index is -0.690. The van der Waals surface area contributed by atoms with E-state index in [4.69, 9.17) is 10.5 Å². The molecule has 2 aromatic carbocycles. The molecule has 0 spiro atoms. The molecule has 3 N–H and O–H groups in total. The minimum absolute atomic E-state index is 0.665. The smallest absolute Gasteiger partial charge is 0.332 e. The molecule has 3 aromatic rings. The number of nitrogens with two attached hydrogens (primary N) is 1. The number of hydrazone groups is 1. The van der Waals surface area contributed by atoms with E-state index in [2.05, 4.69) is 21.6 Å². The Morgan fingerprint density at radius 2 is 2.15 bits per heavy atom. The number of benzene rings is 2. The van der Waals surface area contributed by atoms with Crippen LogP contribution in [0.5, 0.6) is 5.75 Å². The number of carbonyl (C=O) groups excluding carboxylic acids is 1. The molecule has 0 aliphatic rings. The van der Waals surface area contributed by atoms with Crippen molar-refractivity contribution in [2.75, 3.05) is 7.11 Å². The zero-order chi connectivity index (χ0) is 18.5. The highest BCUT2D eigenvalue weighted by molar-refractivity contribution is 8.00. The maximum Gasteiger partial charge on any atom is 0.332 e. The molecule has 0 saturated heterocycles. The number of thiazole rings is 1. The Kier molecular flexibility index (Phi) is 5.75. The van der Waals surface area contributed by atoms with Crippen LogP contribution in [-0.4, -0.2) is 23.8 Å². The Morgan fingerprint density at radius 3 is 2.88 bits per heavy atom. The zero-order valence-corrected chi connectivity index (χ0v) is 16.0. The fraction of sp³-hybridized carbons (Fsp3) is 0.167. The summed E-state index contributed by atoms with van der Waals surface area (Å²) in [4.78, 5) is 15.5. The van der Waals surface area contributed by atoms with Crippen LogP contribution >= 0.6 is 23.1 Å². The molecular weight excluding hydrogens is 368 g/mol. The summed E-state index contributed by atoms with van der Waals surface area (Å²) in [5, 5.41) is 3.97. The Balaban J connectivity index is 1.80. The molecular formula is C18H18N4O2S2. The predicted octanol–water partition coefficient (Wildman–Crippen LogP) is 3.99. The van der Waals surface area contributed by atoms with Crippen molar-refractivity contribution in [3.8, 4) is 5.75 Å². The van der Waals surface area contributed by atoms with Gasteiger partial charge in [-0.15, -0.1) is 11.3 Å². The molecule has 0 radical (unpaired) electrons. The number of nitrogens with one attached hydrogen (secondary N) is 1. The number of urea groups is 1. The van der Waals surface area contributed by atoms with Gasteiger partial charge in [0.05, 0.1) is 23.0 Å². The SMILES string of the molecule is COc1ccc(/C(C)=N\NC(N)=O)cc1CSc1nc2ccccc2s1. The highest BCUT2D eigenvalue weighted by atomic mass is 32.2. The van der Waals surface area contributed by atoms with Crippen molar-refractivity contribution in [2.45, 2.75) is 17.0 Å². The average molecular weight is 387 g/mol. The van der Waals surface area contributed by atoms with Crippen LogP contribution in [0.2, 0.25) is 0 Å². The second-order valence-electron chi connectivity index (χ2n) is 5.44. The van der Waals surface area contributed by atoms with Crippen LogP contribution in [0.25, 0.3) is 10.2 Å². The van der Waals surface area contributed by atoms with Crippen molar-refractivity contribution in [2.24, 2.45) is 10.8 Å². The molecule has 134 valence electrons. The van der Waals surface area contributed by atoms with E-state index in [0.29, 0.717) is 11.5 Å². The third kappa shape index (κ3) is 4.33. The minimum Gasteiger partial charge on any atom is -0.496 e. The van der Waals surface area contributed by atoms with Crippen molar-refractivity contribution in [1.29, 1.82) is 0 Å². The number of fused-ring (bicyclic) bond motifs is 1. The summed E-state index contributed by atoms with van der Waals surface area (Å²) in [5.41, 5.74) is 10.9. The topological polar surface area (TPSA) is 89.6 Å². The standard InChI is InChI=1S/C18H18N4O2S2/c1-11(21-22-17(19)23)12-7-8-15(24-2)13(9-12)10-25-18-20-14-5-3-4-6-16(14)26-18/h3-9H,10H2,1-2H3,(H3,19,22,23)/b21-11-. The van der Waals surface area contributed by atoms with Crippen LogP contribution in [0.3, 0.4) is 0 Å². The van der Waals surface area contributed by atoms with Gasteiger partial charge in [0.15, 0.2) is 4.34 Å². The predicted molar refractivity (Wildman–Crippen MR) is 107 cm³/mol. The number of aromatic nitrogens is 1. The lowest BCUT2D eigenvalue weighted by atomic mass is 10.1. The average Bonchev–Trinajstić information content (AvgIpc) is 3.07. The molecule has 0 fully saturated rings. The largest absolute Gasteiger partial charge is 0.496 e.